The molecule has 0 aliphatic carbocycles. The zero-order valence-corrected chi connectivity index (χ0v) is 77.9. The molecule has 27 aromatic carbocycles. The monoisotopic (exact) mass is 1820 g/mol. The molecule has 0 bridgehead atoms. The van der Waals surface area contributed by atoms with E-state index in [1.807, 2.05) is 0 Å². The van der Waals surface area contributed by atoms with Gasteiger partial charge in [-0.2, -0.15) is 0 Å². The van der Waals surface area contributed by atoms with Crippen molar-refractivity contribution in [2.75, 3.05) is 0 Å². The fourth-order valence-electron chi connectivity index (χ4n) is 23.9. The van der Waals surface area contributed by atoms with Crippen LogP contribution in [0.2, 0.25) is 0 Å². The second kappa shape index (κ2) is 32.2. The van der Waals surface area contributed by atoms with Gasteiger partial charge in [-0.15, -0.1) is 0 Å². The summed E-state index contributed by atoms with van der Waals surface area (Å²) in [6.45, 7) is 0. The normalized spacial score (nSPS) is 12.0. The van der Waals surface area contributed by atoms with Crippen LogP contribution in [-0.2, 0) is 0 Å². The third kappa shape index (κ3) is 12.6. The third-order valence-corrected chi connectivity index (χ3v) is 30.6. The second-order valence-electron chi connectivity index (χ2n) is 38.3. The number of nitrogens with zero attached hydrogens (tertiary/aromatic N) is 5. The number of para-hydroxylation sites is 3. The molecular weight excluding hydrogens is 1740 g/mol. The van der Waals surface area contributed by atoms with Crippen molar-refractivity contribution in [1.82, 2.24) is 24.5 Å². The van der Waals surface area contributed by atoms with Gasteiger partial charge in [0.15, 0.2) is 5.58 Å². The summed E-state index contributed by atoms with van der Waals surface area (Å²) in [6, 6.07) is 179. The first-order valence-electron chi connectivity index (χ1n) is 49.4. The highest BCUT2D eigenvalue weighted by molar-refractivity contribution is 6.32. The lowest BCUT2D eigenvalue weighted by molar-refractivity contribution is 0.623. The minimum absolute atomic E-state index is 0.601. The summed E-state index contributed by atoms with van der Waals surface area (Å²) in [5.41, 5.74) is 21.8. The summed E-state index contributed by atoms with van der Waals surface area (Å²) in [6.07, 6.45) is 0. The molecule has 0 unspecified atom stereocenters. The number of imidazole rings is 1. The Labute approximate surface area is 826 Å². The zero-order chi connectivity index (χ0) is 94.3. The van der Waals surface area contributed by atoms with Crippen molar-refractivity contribution >= 4 is 216 Å². The average Bonchev–Trinajstić information content (AvgIpc) is 1.05. The standard InChI is InChI=1S/C70H40N2O.C68H41N3/c1-3-19-49-45(15-1)47-17-5-7-23-53(47)63-37-43(33-35-56(49)63)61-39-65-62(41-29-31-42(32-30-41)70-72-68-59-27-13-9-21-51(59)52-22-11-14-28-60(52)69(68)73-70)40-66(71-67(65)58-26-12-10-25-55(58)61)44-34-36-57-50-20-4-2-16-46(50)48-18-6-8-24-54(48)64(57)38-44;1-2-16-46(17-3-1)71-66-29-15-14-28-64(66)70-68(71)43-32-30-42(31-33-43)60-41-65(45-35-37-57-52-23-7-5-19-48(52)50-21-9-11-25-54(50)62(57)39-45)69-67-58-27-13-12-26-55(58)59(40-63(60)67)44-34-36-56-51-22-6-4-18-47(51)49-20-8-10-24-53(49)61(56)38-44/h1-40H;1-41H. The van der Waals surface area contributed by atoms with Crippen molar-refractivity contribution in [1.29, 1.82) is 0 Å². The van der Waals surface area contributed by atoms with E-state index >= 15 is 0 Å². The lowest BCUT2D eigenvalue weighted by Gasteiger charge is -2.17. The van der Waals surface area contributed by atoms with Crippen LogP contribution in [0.1, 0.15) is 0 Å². The van der Waals surface area contributed by atoms with E-state index < -0.39 is 0 Å². The predicted octanol–water partition coefficient (Wildman–Crippen LogP) is 37.7. The lowest BCUT2D eigenvalue weighted by atomic mass is 9.88. The van der Waals surface area contributed by atoms with Gasteiger partial charge in [-0.05, 0) is 280 Å². The number of fused-ring (bicyclic) bond motifs is 37. The Hall–Kier alpha value is -19.1. The minimum atomic E-state index is 0.601. The van der Waals surface area contributed by atoms with Gasteiger partial charge in [0.05, 0.1) is 33.5 Å². The van der Waals surface area contributed by atoms with Crippen LogP contribution in [0.15, 0.2) is 496 Å². The fourth-order valence-corrected chi connectivity index (χ4v) is 23.9. The molecule has 0 amide bonds. The summed E-state index contributed by atoms with van der Waals surface area (Å²) in [4.78, 5) is 21.8. The van der Waals surface area contributed by atoms with Gasteiger partial charge in [0.25, 0.3) is 0 Å². The largest absolute Gasteiger partial charge is 0.435 e. The molecule has 0 radical (unpaired) electrons. The molecule has 31 rings (SSSR count). The van der Waals surface area contributed by atoms with Crippen LogP contribution in [0.3, 0.4) is 0 Å². The summed E-state index contributed by atoms with van der Waals surface area (Å²) in [5.74, 6) is 1.51. The molecule has 4 heterocycles. The van der Waals surface area contributed by atoms with Crippen LogP contribution in [0, 0.1) is 0 Å². The summed E-state index contributed by atoms with van der Waals surface area (Å²) in [5, 5.41) is 41.4. The molecule has 6 nitrogen and oxygen atoms in total. The number of rotatable bonds is 9. The van der Waals surface area contributed by atoms with Crippen LogP contribution in [-0.4, -0.2) is 24.5 Å². The van der Waals surface area contributed by atoms with E-state index in [4.69, 9.17) is 24.4 Å². The van der Waals surface area contributed by atoms with Crippen LogP contribution < -0.4 is 0 Å². The van der Waals surface area contributed by atoms with Crippen molar-refractivity contribution in [3.63, 3.8) is 0 Å². The van der Waals surface area contributed by atoms with Gasteiger partial charge in [-0.25, -0.2) is 19.9 Å². The molecule has 0 spiro atoms. The SMILES string of the molecule is c1ccc(-n2c(-c3ccc(-c4cc(-c5ccc6c7ccccc7c7ccccc7c6c5)nc5c4cc(-c4ccc6c7ccccc7c7ccccc7c6c4)c4ccccc45)cc3)nc3ccccc32)cc1.c1ccc2c(c1)c(-c1ccc3c4ccccc4c4ccccc4c3c1)cc1c(-c3ccc(-c4nc5c6ccccc6c6ccccc6c5o4)cc3)cc(-c3ccc4c5ccccc5c5ccccc5c4c3)nc12. The quantitative estimate of drug-likeness (QED) is 0.135. The Morgan fingerprint density at radius 1 is 0.153 bits per heavy atom. The van der Waals surface area contributed by atoms with Gasteiger partial charge in [0, 0.05) is 60.3 Å². The Morgan fingerprint density at radius 3 is 0.785 bits per heavy atom. The van der Waals surface area contributed by atoms with Crippen LogP contribution in [0.25, 0.3) is 312 Å². The van der Waals surface area contributed by atoms with E-state index in [1.165, 1.54) is 162 Å². The van der Waals surface area contributed by atoms with E-state index in [2.05, 4.69) is 496 Å². The van der Waals surface area contributed by atoms with Gasteiger partial charge in [0.1, 0.15) is 11.3 Å². The van der Waals surface area contributed by atoms with E-state index in [1.54, 1.807) is 0 Å². The predicted molar refractivity (Wildman–Crippen MR) is 609 cm³/mol. The Balaban J connectivity index is 0.000000134. The third-order valence-electron chi connectivity index (χ3n) is 30.6. The molecule has 0 aliphatic heterocycles. The second-order valence-corrected chi connectivity index (χ2v) is 38.3. The lowest BCUT2D eigenvalue weighted by Crippen LogP contribution is -1.97. The molecule has 664 valence electrons. The van der Waals surface area contributed by atoms with Gasteiger partial charge in [-0.1, -0.05) is 406 Å². The van der Waals surface area contributed by atoms with Crippen molar-refractivity contribution in [2.24, 2.45) is 0 Å². The van der Waals surface area contributed by atoms with E-state index in [0.29, 0.717) is 5.89 Å². The first kappa shape index (κ1) is 80.9. The molecule has 0 fully saturated rings. The maximum atomic E-state index is 6.73. The first-order valence-corrected chi connectivity index (χ1v) is 49.4. The van der Waals surface area contributed by atoms with Crippen molar-refractivity contribution in [3.8, 4) is 95.6 Å². The smallest absolute Gasteiger partial charge is 0.227 e. The molecular formula is C138H81N5O. The summed E-state index contributed by atoms with van der Waals surface area (Å²) < 4.78 is 9.00. The highest BCUT2D eigenvalue weighted by Crippen LogP contribution is 2.50. The highest BCUT2D eigenvalue weighted by Gasteiger charge is 2.26. The Morgan fingerprint density at radius 2 is 0.410 bits per heavy atom. The van der Waals surface area contributed by atoms with Crippen molar-refractivity contribution in [2.45, 2.75) is 0 Å². The fraction of sp³-hybridized carbons (Fsp3) is 0. The maximum absolute atomic E-state index is 6.73. The Bertz CT molecular complexity index is 10700. The van der Waals surface area contributed by atoms with E-state index in [-0.39, 0.29) is 0 Å². The molecule has 0 atom stereocenters. The molecule has 144 heavy (non-hydrogen) atoms. The molecule has 4 aromatic heterocycles. The van der Waals surface area contributed by atoms with Gasteiger partial charge in [-0.3, -0.25) is 4.57 Å². The van der Waals surface area contributed by atoms with Crippen LogP contribution in [0.4, 0.5) is 0 Å². The zero-order valence-electron chi connectivity index (χ0n) is 77.9. The molecule has 6 heteroatoms. The van der Waals surface area contributed by atoms with E-state index in [0.717, 1.165) is 144 Å². The number of hydrogen-bond donors (Lipinski definition) is 0. The molecule has 31 aromatic rings. The molecule has 0 saturated carbocycles. The van der Waals surface area contributed by atoms with Gasteiger partial charge < -0.3 is 4.42 Å². The number of oxazole rings is 1. The summed E-state index contributed by atoms with van der Waals surface area (Å²) in [7, 11) is 0. The average molecular weight is 1830 g/mol. The topological polar surface area (TPSA) is 69.6 Å². The highest BCUT2D eigenvalue weighted by atomic mass is 16.3. The molecule has 0 N–H and O–H groups in total. The van der Waals surface area contributed by atoms with Gasteiger partial charge >= 0.3 is 0 Å². The minimum Gasteiger partial charge on any atom is -0.435 e. The van der Waals surface area contributed by atoms with Crippen LogP contribution >= 0.6 is 0 Å². The van der Waals surface area contributed by atoms with Gasteiger partial charge in [0.2, 0.25) is 5.89 Å². The summed E-state index contributed by atoms with van der Waals surface area (Å²) >= 11 is 0. The number of pyridine rings is 2. The van der Waals surface area contributed by atoms with Crippen molar-refractivity contribution in [3.05, 3.63) is 491 Å². The van der Waals surface area contributed by atoms with Crippen molar-refractivity contribution < 1.29 is 4.42 Å². The number of hydrogen-bond acceptors (Lipinski definition) is 5. The maximum Gasteiger partial charge on any atom is 0.227 e. The Kier molecular flexibility index (Phi) is 18.1. The molecule has 0 saturated heterocycles. The van der Waals surface area contributed by atoms with Crippen LogP contribution in [0.5, 0.6) is 0 Å². The number of aromatic nitrogens is 5. The number of benzene rings is 27. The van der Waals surface area contributed by atoms with E-state index in [9.17, 15) is 0 Å². The molecule has 0 aliphatic rings. The first-order chi connectivity index (χ1) is 71.4.